The highest BCUT2D eigenvalue weighted by molar-refractivity contribution is 9.10. The van der Waals surface area contributed by atoms with E-state index in [1.807, 2.05) is 6.92 Å². The molecule has 1 amide bonds. The van der Waals surface area contributed by atoms with E-state index in [0.717, 1.165) is 0 Å². The van der Waals surface area contributed by atoms with Crippen LogP contribution in [0.1, 0.15) is 23.0 Å². The topological polar surface area (TPSA) is 93.0 Å². The number of aliphatic hydroxyl groups is 1. The number of carbonyl (C=O) groups excluding carboxylic acids is 1. The average Bonchev–Trinajstić information content (AvgIpc) is 3.24. The van der Waals surface area contributed by atoms with Gasteiger partial charge in [0.2, 0.25) is 0 Å². The van der Waals surface area contributed by atoms with Gasteiger partial charge in [-0.3, -0.25) is 10.1 Å². The molecule has 0 aliphatic rings. The molecule has 7 nitrogen and oxygen atoms in total. The summed E-state index contributed by atoms with van der Waals surface area (Å²) in [5.41, 5.74) is 1.75. The minimum absolute atomic E-state index is 0.140. The first kappa shape index (κ1) is 22.8. The van der Waals surface area contributed by atoms with Gasteiger partial charge in [0.05, 0.1) is 23.8 Å². The van der Waals surface area contributed by atoms with E-state index in [0.29, 0.717) is 50.9 Å². The van der Waals surface area contributed by atoms with Crippen LogP contribution >= 0.6 is 28.1 Å². The highest BCUT2D eigenvalue weighted by atomic mass is 79.9. The maximum atomic E-state index is 12.5. The number of hydrogen-bond acceptors (Lipinski definition) is 6. The second-order valence-electron chi connectivity index (χ2n) is 6.33. The molecule has 0 saturated carbocycles. The van der Waals surface area contributed by atoms with Gasteiger partial charge in [-0.2, -0.15) is 0 Å². The fraction of sp³-hybridized carbons (Fsp3) is 0.182. The Hall–Kier alpha value is -2.88. The normalized spacial score (nSPS) is 10.5. The third-order valence-electron chi connectivity index (χ3n) is 4.26. The monoisotopic (exact) mass is 504 g/mol. The van der Waals surface area contributed by atoms with Gasteiger partial charge in [-0.15, -0.1) is 0 Å². The highest BCUT2D eigenvalue weighted by Gasteiger charge is 2.14. The molecule has 3 aromatic rings. The molecule has 0 aliphatic carbocycles. The van der Waals surface area contributed by atoms with E-state index in [2.05, 4.69) is 26.6 Å². The van der Waals surface area contributed by atoms with Gasteiger partial charge in [0.1, 0.15) is 29.6 Å². The van der Waals surface area contributed by atoms with Gasteiger partial charge in [-0.1, -0.05) is 0 Å². The van der Waals surface area contributed by atoms with E-state index >= 15 is 0 Å². The Kier molecular flexibility index (Phi) is 7.67. The molecule has 0 bridgehead atoms. The number of thiocarbonyl (C=S) groups is 1. The maximum Gasteiger partial charge on any atom is 0.257 e. The van der Waals surface area contributed by atoms with Crippen LogP contribution in [0.4, 0.5) is 5.69 Å². The molecule has 0 spiro atoms. The van der Waals surface area contributed by atoms with Gasteiger partial charge in [-0.25, -0.2) is 0 Å². The van der Waals surface area contributed by atoms with E-state index in [-0.39, 0.29) is 17.6 Å². The second kappa shape index (κ2) is 10.4. The highest BCUT2D eigenvalue weighted by Crippen LogP contribution is 2.34. The van der Waals surface area contributed by atoms with Gasteiger partial charge in [-0.05, 0) is 83.6 Å². The molecule has 9 heteroatoms. The van der Waals surface area contributed by atoms with E-state index in [9.17, 15) is 9.90 Å². The summed E-state index contributed by atoms with van der Waals surface area (Å²) in [6.07, 6.45) is 0. The molecular weight excluding hydrogens is 484 g/mol. The van der Waals surface area contributed by atoms with Gasteiger partial charge < -0.3 is 24.3 Å². The van der Waals surface area contributed by atoms with Crippen molar-refractivity contribution in [3.63, 3.8) is 0 Å². The number of halogens is 1. The van der Waals surface area contributed by atoms with Crippen molar-refractivity contribution in [2.75, 3.05) is 19.0 Å². The third kappa shape index (κ3) is 5.63. The summed E-state index contributed by atoms with van der Waals surface area (Å²) in [4.78, 5) is 12.5. The molecule has 0 atom stereocenters. The van der Waals surface area contributed by atoms with Crippen molar-refractivity contribution in [1.82, 2.24) is 5.32 Å². The number of carbonyl (C=O) groups is 1. The molecule has 0 unspecified atom stereocenters. The van der Waals surface area contributed by atoms with Crippen LogP contribution in [0.2, 0.25) is 0 Å². The van der Waals surface area contributed by atoms with Crippen LogP contribution in [-0.2, 0) is 6.61 Å². The number of furan rings is 1. The Labute approximate surface area is 193 Å². The van der Waals surface area contributed by atoms with Crippen molar-refractivity contribution < 1.29 is 23.8 Å². The zero-order valence-electron chi connectivity index (χ0n) is 16.9. The number of amides is 1. The van der Waals surface area contributed by atoms with E-state index < -0.39 is 0 Å². The standard InChI is InChI=1S/C22H21BrN2O5S/c1-3-29-20-7-4-13(10-17(20)23)21(27)25-22(31)24-14-5-8-18(28-2)16(11-14)19-9-6-15(12-26)30-19/h4-11,26H,3,12H2,1-2H3,(H2,24,25,27,31). The molecule has 162 valence electrons. The van der Waals surface area contributed by atoms with E-state index in [1.165, 1.54) is 0 Å². The van der Waals surface area contributed by atoms with Crippen molar-refractivity contribution in [2.24, 2.45) is 0 Å². The van der Waals surface area contributed by atoms with Crippen LogP contribution in [-0.4, -0.2) is 29.8 Å². The molecule has 0 fully saturated rings. The lowest BCUT2D eigenvalue weighted by molar-refractivity contribution is 0.0977. The minimum Gasteiger partial charge on any atom is -0.496 e. The lowest BCUT2D eigenvalue weighted by atomic mass is 10.1. The molecule has 0 radical (unpaired) electrons. The summed E-state index contributed by atoms with van der Waals surface area (Å²) in [7, 11) is 1.56. The molecule has 31 heavy (non-hydrogen) atoms. The van der Waals surface area contributed by atoms with Gasteiger partial charge in [0.25, 0.3) is 5.91 Å². The van der Waals surface area contributed by atoms with E-state index in [1.54, 1.807) is 55.6 Å². The lowest BCUT2D eigenvalue weighted by Gasteiger charge is -2.13. The lowest BCUT2D eigenvalue weighted by Crippen LogP contribution is -2.34. The number of hydrogen-bond donors (Lipinski definition) is 3. The van der Waals surface area contributed by atoms with Crippen molar-refractivity contribution in [3.05, 3.63) is 64.3 Å². The number of methoxy groups -OCH3 is 1. The predicted molar refractivity (Wildman–Crippen MR) is 126 cm³/mol. The van der Waals surface area contributed by atoms with Crippen molar-refractivity contribution in [3.8, 4) is 22.8 Å². The van der Waals surface area contributed by atoms with Crippen LogP contribution in [0.5, 0.6) is 11.5 Å². The van der Waals surface area contributed by atoms with Crippen LogP contribution in [0.25, 0.3) is 11.3 Å². The Morgan fingerprint density at radius 3 is 2.58 bits per heavy atom. The van der Waals surface area contributed by atoms with Gasteiger partial charge in [0.15, 0.2) is 5.11 Å². The molecule has 0 saturated heterocycles. The Bertz CT molecular complexity index is 1100. The second-order valence-corrected chi connectivity index (χ2v) is 7.59. The third-order valence-corrected chi connectivity index (χ3v) is 5.09. The largest absolute Gasteiger partial charge is 0.496 e. The van der Waals surface area contributed by atoms with Crippen LogP contribution in [0.3, 0.4) is 0 Å². The Balaban J connectivity index is 1.72. The number of anilines is 1. The van der Waals surface area contributed by atoms with Crippen molar-refractivity contribution in [1.29, 1.82) is 0 Å². The maximum absolute atomic E-state index is 12.5. The van der Waals surface area contributed by atoms with Crippen LogP contribution in [0.15, 0.2) is 57.4 Å². The minimum atomic E-state index is -0.353. The first-order valence-corrected chi connectivity index (χ1v) is 10.6. The predicted octanol–water partition coefficient (Wildman–Crippen LogP) is 4.74. The molecule has 1 heterocycles. The summed E-state index contributed by atoms with van der Waals surface area (Å²) in [5.74, 6) is 1.89. The molecule has 1 aromatic heterocycles. The fourth-order valence-corrected chi connectivity index (χ4v) is 3.54. The zero-order chi connectivity index (χ0) is 22.4. The summed E-state index contributed by atoms with van der Waals surface area (Å²) >= 11 is 8.69. The molecular formula is C22H21BrN2O5S. The SMILES string of the molecule is CCOc1ccc(C(=O)NC(=S)Nc2ccc(OC)c(-c3ccc(CO)o3)c2)cc1Br. The van der Waals surface area contributed by atoms with Crippen molar-refractivity contribution >= 4 is 44.9 Å². The number of ether oxygens (including phenoxy) is 2. The van der Waals surface area contributed by atoms with Gasteiger partial charge >= 0.3 is 0 Å². The van der Waals surface area contributed by atoms with Crippen molar-refractivity contribution in [2.45, 2.75) is 13.5 Å². The van der Waals surface area contributed by atoms with Gasteiger partial charge in [0, 0.05) is 11.3 Å². The molecule has 3 rings (SSSR count). The van der Waals surface area contributed by atoms with E-state index in [4.69, 9.17) is 26.1 Å². The molecule has 3 N–H and O–H groups in total. The Morgan fingerprint density at radius 1 is 1.16 bits per heavy atom. The van der Waals surface area contributed by atoms with Crippen LogP contribution in [0, 0.1) is 0 Å². The zero-order valence-corrected chi connectivity index (χ0v) is 19.3. The molecule has 2 aromatic carbocycles. The Morgan fingerprint density at radius 2 is 1.94 bits per heavy atom. The quantitative estimate of drug-likeness (QED) is 0.400. The number of benzene rings is 2. The van der Waals surface area contributed by atoms with Crippen LogP contribution < -0.4 is 20.1 Å². The number of nitrogens with one attached hydrogen (secondary N) is 2. The molecule has 0 aliphatic heterocycles. The first-order chi connectivity index (χ1) is 14.9. The first-order valence-electron chi connectivity index (χ1n) is 9.37. The average molecular weight is 505 g/mol. The number of aliphatic hydroxyl groups excluding tert-OH is 1. The summed E-state index contributed by atoms with van der Waals surface area (Å²) < 4.78 is 17.1. The summed E-state index contributed by atoms with van der Waals surface area (Å²) in [6, 6.07) is 13.8. The fourth-order valence-electron chi connectivity index (χ4n) is 2.84. The number of rotatable bonds is 7. The smallest absolute Gasteiger partial charge is 0.257 e. The summed E-state index contributed by atoms with van der Waals surface area (Å²) in [6.45, 7) is 2.22. The summed E-state index contributed by atoms with van der Waals surface area (Å²) in [5, 5.41) is 15.0.